The van der Waals surface area contributed by atoms with E-state index >= 15 is 0 Å². The average Bonchev–Trinajstić information content (AvgIpc) is 3.43. The average molecular weight is 618 g/mol. The Morgan fingerprint density at radius 2 is 1.10 bits per heavy atom. The van der Waals surface area contributed by atoms with E-state index in [2.05, 4.69) is 13.8 Å². The second-order valence-corrected chi connectivity index (χ2v) is 13.4. The number of hydrogen-bond acceptors (Lipinski definition) is 8. The summed E-state index contributed by atoms with van der Waals surface area (Å²) in [5.74, 6) is 0. The Balaban J connectivity index is 0.000000439. The van der Waals surface area contributed by atoms with Crippen LogP contribution < -0.4 is 0 Å². The van der Waals surface area contributed by atoms with E-state index in [1.54, 1.807) is 18.7 Å². The van der Waals surface area contributed by atoms with Gasteiger partial charge in [0.2, 0.25) is 0 Å². The van der Waals surface area contributed by atoms with Crippen LogP contribution in [0.25, 0.3) is 0 Å². The van der Waals surface area contributed by atoms with Crippen LogP contribution in [0.4, 0.5) is 0 Å². The molecule has 180 valence electrons. The van der Waals surface area contributed by atoms with Crippen LogP contribution in [0.15, 0.2) is 0 Å². The second-order valence-electron chi connectivity index (χ2n) is 7.09. The van der Waals surface area contributed by atoms with Crippen molar-refractivity contribution in [1.82, 2.24) is 9.80 Å². The van der Waals surface area contributed by atoms with Gasteiger partial charge in [0.25, 0.3) is 0 Å². The third-order valence-electron chi connectivity index (χ3n) is 4.27. The van der Waals surface area contributed by atoms with Crippen molar-refractivity contribution < 1.29 is 18.9 Å². The maximum atomic E-state index is 5.20. The first-order valence-corrected chi connectivity index (χ1v) is 16.5. The summed E-state index contributed by atoms with van der Waals surface area (Å²) in [6, 6.07) is 0. The standard InChI is InChI=1S/2C6H11NO2S2.2C4H9.Sn/c2*1-7(6(10)11)4-5-8-2-3-9-5;2*1-3-4-2;/h2*5H,2-4H2,1H3,(H,10,11);2*1,3-4H2,2H3;/q;;;;+2/p-2. The molecule has 0 aromatic heterocycles. The molecule has 0 saturated carbocycles. The van der Waals surface area contributed by atoms with Crippen molar-refractivity contribution in [3.05, 3.63) is 0 Å². The van der Waals surface area contributed by atoms with E-state index in [1.165, 1.54) is 25.7 Å². The minimum atomic E-state index is -0.152. The molecule has 31 heavy (non-hydrogen) atoms. The van der Waals surface area contributed by atoms with Crippen LogP contribution in [0, 0.1) is 0 Å². The summed E-state index contributed by atoms with van der Waals surface area (Å²) in [5, 5.41) is 0. The summed E-state index contributed by atoms with van der Waals surface area (Å²) >= 11 is 19.3. The van der Waals surface area contributed by atoms with Crippen LogP contribution in [-0.4, -0.2) is 106 Å². The Bertz CT molecular complexity index is 428. The van der Waals surface area contributed by atoms with Gasteiger partial charge in [-0.05, 0) is 0 Å². The first-order chi connectivity index (χ1) is 14.8. The maximum absolute atomic E-state index is 5.20. The molecule has 0 unspecified atom stereocenters. The van der Waals surface area contributed by atoms with Crippen molar-refractivity contribution >= 4 is 79.5 Å². The molecular formula is C20H38N2O4S4Sn. The summed E-state index contributed by atoms with van der Waals surface area (Å²) < 4.78 is 25.0. The van der Waals surface area contributed by atoms with Gasteiger partial charge >= 0.3 is 69.5 Å². The van der Waals surface area contributed by atoms with E-state index in [1.807, 2.05) is 14.1 Å². The van der Waals surface area contributed by atoms with Gasteiger partial charge < -0.3 is 78.4 Å². The van der Waals surface area contributed by atoms with Gasteiger partial charge in [0, 0.05) is 14.1 Å². The van der Waals surface area contributed by atoms with Gasteiger partial charge in [-0.1, -0.05) is 8.64 Å². The third-order valence-corrected chi connectivity index (χ3v) is 9.55. The molecule has 0 aromatic rings. The van der Waals surface area contributed by atoms with E-state index in [9.17, 15) is 0 Å². The summed E-state index contributed by atoms with van der Waals surface area (Å²) in [6.45, 7) is 8.51. The Kier molecular flexibility index (Phi) is 22.0. The predicted molar refractivity (Wildman–Crippen MR) is 142 cm³/mol. The minimum absolute atomic E-state index is 0.149. The summed E-state index contributed by atoms with van der Waals surface area (Å²) in [7, 11) is 3.67. The van der Waals surface area contributed by atoms with Crippen LogP contribution in [0.1, 0.15) is 39.5 Å². The van der Waals surface area contributed by atoms with Crippen LogP contribution in [0.5, 0.6) is 0 Å². The van der Waals surface area contributed by atoms with E-state index in [0.29, 0.717) is 48.2 Å². The van der Waals surface area contributed by atoms with Gasteiger partial charge in [0.05, 0.1) is 39.5 Å². The topological polar surface area (TPSA) is 43.4 Å². The molecule has 2 fully saturated rings. The number of hydrogen-bond donors (Lipinski definition) is 0. The first-order valence-electron chi connectivity index (χ1n) is 10.8. The fourth-order valence-electron chi connectivity index (χ4n) is 2.35. The van der Waals surface area contributed by atoms with Crippen molar-refractivity contribution in [3.8, 4) is 0 Å². The summed E-state index contributed by atoms with van der Waals surface area (Å²) in [6.07, 6.45) is 5.54. The van der Waals surface area contributed by atoms with Gasteiger partial charge in [-0.15, -0.1) is 0 Å². The van der Waals surface area contributed by atoms with Crippen molar-refractivity contribution in [2.75, 3.05) is 53.6 Å². The van der Waals surface area contributed by atoms with Gasteiger partial charge in [0.15, 0.2) is 12.6 Å². The number of unbranched alkanes of at least 4 members (excludes halogenated alkanes) is 2. The molecule has 2 heterocycles. The summed E-state index contributed by atoms with van der Waals surface area (Å²) in [4.78, 5) is 3.53. The van der Waals surface area contributed by atoms with Gasteiger partial charge in [-0.2, -0.15) is 0 Å². The van der Waals surface area contributed by atoms with Crippen LogP contribution >= 0.6 is 24.4 Å². The SMILES string of the molecule is CCC[CH2][Sn+2][CH2]CCC.CN(CC1OCCO1)C(=S)[S-].CN(CC1OCCO1)C(=S)[S-]. The molecule has 2 aliphatic rings. The zero-order chi connectivity index (χ0) is 23.5. The molecule has 0 atom stereocenters. The first kappa shape index (κ1) is 31.9. The van der Waals surface area contributed by atoms with E-state index in [0.717, 1.165) is 0 Å². The fraction of sp³-hybridized carbons (Fsp3) is 0.900. The zero-order valence-electron chi connectivity index (χ0n) is 19.3. The Labute approximate surface area is 221 Å². The number of thiocarbonyl (C=S) groups is 2. The van der Waals surface area contributed by atoms with Gasteiger partial charge in [-0.3, -0.25) is 0 Å². The Hall–Kier alpha value is 0.859. The molecule has 2 saturated heterocycles. The van der Waals surface area contributed by atoms with E-state index in [4.69, 9.17) is 68.6 Å². The fourth-order valence-corrected chi connectivity index (χ4v) is 6.81. The monoisotopic (exact) mass is 618 g/mol. The van der Waals surface area contributed by atoms with Crippen LogP contribution in [0.2, 0.25) is 8.87 Å². The third kappa shape index (κ3) is 18.9. The van der Waals surface area contributed by atoms with Crippen molar-refractivity contribution in [1.29, 1.82) is 0 Å². The minimum Gasteiger partial charge on any atom is -0.411 e. The molecule has 0 aliphatic carbocycles. The molecule has 0 aromatic carbocycles. The van der Waals surface area contributed by atoms with Crippen LogP contribution in [0.3, 0.4) is 0 Å². The molecule has 0 spiro atoms. The zero-order valence-corrected chi connectivity index (χ0v) is 25.4. The maximum Gasteiger partial charge on any atom is 0.175 e. The Morgan fingerprint density at radius 3 is 1.35 bits per heavy atom. The molecule has 0 N–H and O–H groups in total. The van der Waals surface area contributed by atoms with Crippen molar-refractivity contribution in [3.63, 3.8) is 0 Å². The molecule has 0 radical (unpaired) electrons. The molecule has 0 bridgehead atoms. The van der Waals surface area contributed by atoms with E-state index in [-0.39, 0.29) is 33.7 Å². The number of likely N-dealkylation sites (N-methyl/N-ethyl adjacent to an activating group) is 2. The molecule has 0 amide bonds. The van der Waals surface area contributed by atoms with Crippen molar-refractivity contribution in [2.45, 2.75) is 61.0 Å². The molecule has 2 rings (SSSR count). The number of ether oxygens (including phenoxy) is 4. The quantitative estimate of drug-likeness (QED) is 0.158. The molecule has 11 heteroatoms. The van der Waals surface area contributed by atoms with E-state index < -0.39 is 0 Å². The smallest absolute Gasteiger partial charge is 0.175 e. The van der Waals surface area contributed by atoms with Crippen LogP contribution in [-0.2, 0) is 44.2 Å². The second kappa shape index (κ2) is 21.4. The molecular weight excluding hydrogens is 579 g/mol. The van der Waals surface area contributed by atoms with Crippen molar-refractivity contribution in [2.24, 2.45) is 0 Å². The Morgan fingerprint density at radius 1 is 0.774 bits per heavy atom. The number of nitrogens with zero attached hydrogens (tertiary/aromatic N) is 2. The number of rotatable bonds is 10. The predicted octanol–water partition coefficient (Wildman–Crippen LogP) is 3.37. The summed E-state index contributed by atoms with van der Waals surface area (Å²) in [5.41, 5.74) is 0. The van der Waals surface area contributed by atoms with Gasteiger partial charge in [-0.25, -0.2) is 0 Å². The molecule has 2 aliphatic heterocycles. The molecule has 6 nitrogen and oxygen atoms in total. The van der Waals surface area contributed by atoms with Gasteiger partial charge in [0.1, 0.15) is 0 Å². The largest absolute Gasteiger partial charge is 0.411 e. The normalized spacial score (nSPS) is 15.9.